The van der Waals surface area contributed by atoms with E-state index in [9.17, 15) is 4.79 Å². The second-order valence-corrected chi connectivity index (χ2v) is 12.6. The average Bonchev–Trinajstić information content (AvgIpc) is 3.56. The molecule has 1 N–H and O–H groups in total. The van der Waals surface area contributed by atoms with Gasteiger partial charge in [0.25, 0.3) is 0 Å². The van der Waals surface area contributed by atoms with E-state index >= 15 is 0 Å². The molecular weight excluding hydrogens is 573 g/mol. The fourth-order valence-corrected chi connectivity index (χ4v) is 7.70. The van der Waals surface area contributed by atoms with Crippen LogP contribution in [0.2, 0.25) is 5.02 Å². The van der Waals surface area contributed by atoms with Crippen molar-refractivity contribution in [3.8, 4) is 21.8 Å². The van der Waals surface area contributed by atoms with Crippen molar-refractivity contribution >= 4 is 54.6 Å². The molecule has 5 nitrogen and oxygen atoms in total. The number of aliphatic hydroxyl groups is 1. The van der Waals surface area contributed by atoms with Crippen molar-refractivity contribution in [3.63, 3.8) is 0 Å². The number of nitrogens with zero attached hydrogens (tertiary/aromatic N) is 1. The number of aldehydes is 1. The lowest BCUT2D eigenvalue weighted by atomic mass is 10.1. The molecule has 4 rings (SSSR count). The van der Waals surface area contributed by atoms with E-state index in [1.807, 2.05) is 50.3 Å². The van der Waals surface area contributed by atoms with Crippen molar-refractivity contribution in [2.45, 2.75) is 40.7 Å². The zero-order valence-corrected chi connectivity index (χ0v) is 26.8. The molecule has 0 aliphatic rings. The minimum absolute atomic E-state index is 0.104. The molecule has 0 fully saturated rings. The molecule has 1 atom stereocenters. The van der Waals surface area contributed by atoms with Crippen LogP contribution in [0.5, 0.6) is 0 Å². The standard InChI is InChI=1S/C32H33ClNO3PS.CH4O/c1-7-9-10-28-22(5)18-29(37-28)24-11-13-25(14-12-24)31-19-27(32(20-35)39-31)34(21(3)4)38(36-8-2)30-16-15-26(33)17-23(30)6;1-2/h7,9-21H,1,8H2,2-6H3;2H,1H3/b10-9-;. The van der Waals surface area contributed by atoms with Gasteiger partial charge in [0.05, 0.1) is 17.2 Å². The molecule has 0 radical (unpaired) electrons. The van der Waals surface area contributed by atoms with E-state index in [0.29, 0.717) is 16.5 Å². The average molecular weight is 610 g/mol. The lowest BCUT2D eigenvalue weighted by Crippen LogP contribution is -2.31. The predicted molar refractivity (Wildman–Crippen MR) is 177 cm³/mol. The second kappa shape index (κ2) is 15.3. The lowest BCUT2D eigenvalue weighted by Gasteiger charge is -2.36. The summed E-state index contributed by atoms with van der Waals surface area (Å²) in [7, 11) is -0.188. The van der Waals surface area contributed by atoms with Crippen LogP contribution in [-0.4, -0.2) is 31.2 Å². The van der Waals surface area contributed by atoms with E-state index in [0.717, 1.165) is 63.0 Å². The van der Waals surface area contributed by atoms with Gasteiger partial charge in [-0.25, -0.2) is 0 Å². The number of halogens is 1. The van der Waals surface area contributed by atoms with Crippen molar-refractivity contribution < 1.29 is 18.8 Å². The van der Waals surface area contributed by atoms with Gasteiger partial charge in [0, 0.05) is 33.9 Å². The monoisotopic (exact) mass is 609 g/mol. The third kappa shape index (κ3) is 7.65. The van der Waals surface area contributed by atoms with Gasteiger partial charge in [-0.2, -0.15) is 0 Å². The maximum atomic E-state index is 12.3. The minimum Gasteiger partial charge on any atom is -0.456 e. The molecule has 2 aromatic heterocycles. The van der Waals surface area contributed by atoms with E-state index in [1.54, 1.807) is 6.08 Å². The van der Waals surface area contributed by atoms with E-state index in [4.69, 9.17) is 25.6 Å². The minimum atomic E-state index is -1.19. The maximum Gasteiger partial charge on any atom is 0.167 e. The molecular formula is C33H37ClNO4PS. The van der Waals surface area contributed by atoms with Crippen LogP contribution in [0.4, 0.5) is 5.69 Å². The zero-order chi connectivity index (χ0) is 30.1. The number of furan rings is 1. The SMILES string of the molecule is C=C/C=C\c1oc(-c2ccc(-c3cc(N(C(C)C)P(OCC)c4ccc(Cl)cc4C)c(C=O)s3)cc2)cc1C.CO. The molecule has 2 aromatic carbocycles. The zero-order valence-electron chi connectivity index (χ0n) is 24.3. The first-order valence-corrected chi connectivity index (χ1v) is 15.7. The fraction of sp³-hybridized carbons (Fsp3) is 0.242. The van der Waals surface area contributed by atoms with Gasteiger partial charge in [-0.05, 0) is 87.7 Å². The van der Waals surface area contributed by atoms with Gasteiger partial charge >= 0.3 is 0 Å². The molecule has 0 saturated carbocycles. The van der Waals surface area contributed by atoms with Gasteiger partial charge in [0.15, 0.2) is 14.6 Å². The largest absolute Gasteiger partial charge is 0.456 e. The van der Waals surface area contributed by atoms with Crippen molar-refractivity contribution in [3.05, 3.63) is 100 Å². The van der Waals surface area contributed by atoms with Crippen LogP contribution in [0.1, 0.15) is 47.3 Å². The van der Waals surface area contributed by atoms with Crippen LogP contribution in [0.3, 0.4) is 0 Å². The van der Waals surface area contributed by atoms with E-state index in [2.05, 4.69) is 62.4 Å². The Bertz CT molecular complexity index is 1490. The Morgan fingerprint density at radius 1 is 1.07 bits per heavy atom. The Kier molecular flexibility index (Phi) is 12.1. The number of thiophene rings is 1. The summed E-state index contributed by atoms with van der Waals surface area (Å²) in [5, 5.41) is 8.79. The summed E-state index contributed by atoms with van der Waals surface area (Å²) in [6.07, 6.45) is 6.46. The van der Waals surface area contributed by atoms with Gasteiger partial charge < -0.3 is 18.7 Å². The Hall–Kier alpha value is -2.99. The lowest BCUT2D eigenvalue weighted by molar-refractivity contribution is 0.112. The van der Waals surface area contributed by atoms with Crippen LogP contribution >= 0.6 is 31.2 Å². The summed E-state index contributed by atoms with van der Waals surface area (Å²) >= 11 is 7.75. The predicted octanol–water partition coefficient (Wildman–Crippen LogP) is 9.45. The van der Waals surface area contributed by atoms with Gasteiger partial charge in [-0.15, -0.1) is 11.3 Å². The summed E-state index contributed by atoms with van der Waals surface area (Å²) in [5.41, 5.74) is 5.07. The van der Waals surface area contributed by atoms with Crippen molar-refractivity contribution in [2.24, 2.45) is 0 Å². The Balaban J connectivity index is 0.00000226. The van der Waals surface area contributed by atoms with Crippen LogP contribution in [0.25, 0.3) is 27.8 Å². The first-order valence-electron chi connectivity index (χ1n) is 13.3. The number of carbonyl (C=O) groups is 1. The molecule has 0 spiro atoms. The molecule has 216 valence electrons. The number of hydrogen-bond donors (Lipinski definition) is 1. The topological polar surface area (TPSA) is 62.9 Å². The highest BCUT2D eigenvalue weighted by molar-refractivity contribution is 7.62. The number of aliphatic hydroxyl groups excluding tert-OH is 1. The Morgan fingerprint density at radius 3 is 2.34 bits per heavy atom. The molecule has 2 heterocycles. The van der Waals surface area contributed by atoms with Crippen LogP contribution in [0, 0.1) is 13.8 Å². The molecule has 0 bridgehead atoms. The maximum absolute atomic E-state index is 12.3. The highest BCUT2D eigenvalue weighted by Crippen LogP contribution is 2.50. The molecule has 1 unspecified atom stereocenters. The molecule has 0 aliphatic heterocycles. The van der Waals surface area contributed by atoms with Crippen LogP contribution in [-0.2, 0) is 4.52 Å². The number of benzene rings is 2. The quantitative estimate of drug-likeness (QED) is 0.104. The van der Waals surface area contributed by atoms with Gasteiger partial charge in [0.2, 0.25) is 0 Å². The van der Waals surface area contributed by atoms with Crippen LogP contribution in [0.15, 0.2) is 77.7 Å². The normalized spacial score (nSPS) is 11.8. The summed E-state index contributed by atoms with van der Waals surface area (Å²) in [4.78, 5) is 14.0. The van der Waals surface area contributed by atoms with Crippen molar-refractivity contribution in [2.75, 3.05) is 18.4 Å². The molecule has 0 aliphatic carbocycles. The summed E-state index contributed by atoms with van der Waals surface area (Å²) in [5.74, 6) is 1.64. The van der Waals surface area contributed by atoms with Gasteiger partial charge in [-0.3, -0.25) is 4.79 Å². The van der Waals surface area contributed by atoms with Crippen molar-refractivity contribution in [1.29, 1.82) is 0 Å². The first-order chi connectivity index (χ1) is 19.8. The fourth-order valence-electron chi connectivity index (χ4n) is 4.35. The van der Waals surface area contributed by atoms with Gasteiger partial charge in [0.1, 0.15) is 11.5 Å². The number of rotatable bonds is 11. The van der Waals surface area contributed by atoms with E-state index < -0.39 is 8.30 Å². The second-order valence-electron chi connectivity index (χ2n) is 9.37. The summed E-state index contributed by atoms with van der Waals surface area (Å²) in [6, 6.07) is 18.4. The number of hydrogen-bond acceptors (Lipinski definition) is 6. The molecule has 4 aromatic rings. The van der Waals surface area contributed by atoms with Crippen molar-refractivity contribution in [1.82, 2.24) is 0 Å². The first kappa shape index (κ1) is 32.5. The molecule has 41 heavy (non-hydrogen) atoms. The number of aryl methyl sites for hydroxylation is 2. The molecule has 0 amide bonds. The molecule has 0 saturated heterocycles. The highest BCUT2D eigenvalue weighted by atomic mass is 35.5. The third-order valence-electron chi connectivity index (χ3n) is 6.19. The van der Waals surface area contributed by atoms with E-state index in [1.165, 1.54) is 11.3 Å². The van der Waals surface area contributed by atoms with Gasteiger partial charge in [-0.1, -0.05) is 54.6 Å². The van der Waals surface area contributed by atoms with Crippen LogP contribution < -0.4 is 9.97 Å². The smallest absolute Gasteiger partial charge is 0.167 e. The number of carbonyl (C=O) groups excluding carboxylic acids is 1. The third-order valence-corrected chi connectivity index (χ3v) is 10.0. The number of allylic oxidation sites excluding steroid dienone is 2. The summed E-state index contributed by atoms with van der Waals surface area (Å²) < 4.78 is 14.7. The number of anilines is 1. The van der Waals surface area contributed by atoms with E-state index in [-0.39, 0.29) is 6.04 Å². The highest BCUT2D eigenvalue weighted by Gasteiger charge is 2.29. The Morgan fingerprint density at radius 2 is 1.76 bits per heavy atom. The summed E-state index contributed by atoms with van der Waals surface area (Å²) in [6.45, 7) is 14.6. The molecule has 8 heteroatoms. The Labute approximate surface area is 253 Å².